The van der Waals surface area contributed by atoms with E-state index in [1.807, 2.05) is 0 Å². The Bertz CT molecular complexity index is 151. The van der Waals surface area contributed by atoms with Gasteiger partial charge in [-0.3, -0.25) is 4.79 Å². The molecule has 0 fully saturated rings. The van der Waals surface area contributed by atoms with Crippen LogP contribution in [-0.2, 0) is 14.3 Å². The van der Waals surface area contributed by atoms with Crippen molar-refractivity contribution >= 4 is 5.78 Å². The lowest BCUT2D eigenvalue weighted by Crippen LogP contribution is -2.09. The maximum atomic E-state index is 11.6. The number of alkyl halides is 2. The fraction of sp³-hybridized carbons (Fsp3) is 0.889. The zero-order valence-electron chi connectivity index (χ0n) is 8.30. The fourth-order valence-electron chi connectivity index (χ4n) is 0.897. The van der Waals surface area contributed by atoms with E-state index >= 15 is 0 Å². The van der Waals surface area contributed by atoms with Gasteiger partial charge in [0.1, 0.15) is 12.4 Å². The molecular formula is C9H16F2O3. The topological polar surface area (TPSA) is 35.5 Å². The van der Waals surface area contributed by atoms with Gasteiger partial charge in [0.05, 0.1) is 6.61 Å². The number of carbonyl (C=O) groups excluding carboxylic acids is 1. The minimum Gasteiger partial charge on any atom is -0.385 e. The molecule has 0 aromatic rings. The zero-order chi connectivity index (χ0) is 10.8. The number of carbonyl (C=O) groups is 1. The molecule has 5 heteroatoms. The second-order valence-electron chi connectivity index (χ2n) is 2.85. The Balaban J connectivity index is 3.18. The van der Waals surface area contributed by atoms with Crippen LogP contribution in [0, 0.1) is 0 Å². The summed E-state index contributed by atoms with van der Waals surface area (Å²) in [5.41, 5.74) is 0. The molecule has 0 spiro atoms. The quantitative estimate of drug-likeness (QED) is 0.543. The van der Waals surface area contributed by atoms with E-state index in [4.69, 9.17) is 4.74 Å². The second-order valence-corrected chi connectivity index (χ2v) is 2.85. The number of hydrogen-bond acceptors (Lipinski definition) is 3. The minimum absolute atomic E-state index is 0.0244. The van der Waals surface area contributed by atoms with Gasteiger partial charge in [-0.25, -0.2) is 8.78 Å². The highest BCUT2D eigenvalue weighted by Gasteiger charge is 2.04. The molecule has 0 radical (unpaired) electrons. The molecule has 14 heavy (non-hydrogen) atoms. The van der Waals surface area contributed by atoms with Crippen LogP contribution < -0.4 is 0 Å². The van der Waals surface area contributed by atoms with E-state index in [1.165, 1.54) is 0 Å². The third-order valence-electron chi connectivity index (χ3n) is 1.57. The van der Waals surface area contributed by atoms with Crippen LogP contribution in [0.25, 0.3) is 0 Å². The molecule has 0 aliphatic heterocycles. The van der Waals surface area contributed by atoms with E-state index in [0.29, 0.717) is 19.4 Å². The number of hydrogen-bond donors (Lipinski definition) is 0. The first-order chi connectivity index (χ1) is 6.66. The van der Waals surface area contributed by atoms with Crippen molar-refractivity contribution in [1.82, 2.24) is 0 Å². The number of Topliss-reactive ketones (excluding diaryl/α,β-unsaturated/α-hetero) is 1. The van der Waals surface area contributed by atoms with E-state index in [2.05, 4.69) is 4.74 Å². The summed E-state index contributed by atoms with van der Waals surface area (Å²) in [5.74, 6) is 0.0244. The Morgan fingerprint density at radius 1 is 1.29 bits per heavy atom. The van der Waals surface area contributed by atoms with Crippen molar-refractivity contribution in [1.29, 1.82) is 0 Å². The van der Waals surface area contributed by atoms with Gasteiger partial charge in [0.2, 0.25) is 0 Å². The van der Waals surface area contributed by atoms with Crippen LogP contribution in [-0.4, -0.2) is 39.1 Å². The van der Waals surface area contributed by atoms with Crippen LogP contribution in [0.3, 0.4) is 0 Å². The Labute approximate surface area is 82.4 Å². The summed E-state index contributed by atoms with van der Waals surface area (Å²) < 4.78 is 32.5. The lowest BCUT2D eigenvalue weighted by Gasteiger charge is -2.02. The smallest absolute Gasteiger partial charge is 0.261 e. The maximum absolute atomic E-state index is 11.6. The van der Waals surface area contributed by atoms with Gasteiger partial charge in [-0.2, -0.15) is 0 Å². The van der Waals surface area contributed by atoms with Gasteiger partial charge in [-0.15, -0.1) is 0 Å². The number of ketones is 1. The highest BCUT2D eigenvalue weighted by Crippen LogP contribution is 1.98. The molecule has 0 atom stereocenters. The van der Waals surface area contributed by atoms with Gasteiger partial charge in [0, 0.05) is 26.6 Å². The first-order valence-electron chi connectivity index (χ1n) is 4.53. The highest BCUT2D eigenvalue weighted by atomic mass is 19.3. The van der Waals surface area contributed by atoms with E-state index in [-0.39, 0.29) is 18.8 Å². The SMILES string of the molecule is COCCCC(=O)CCOCC(F)F. The van der Waals surface area contributed by atoms with Crippen LogP contribution in [0.15, 0.2) is 0 Å². The van der Waals surface area contributed by atoms with Crippen LogP contribution in [0.2, 0.25) is 0 Å². The molecule has 0 saturated carbocycles. The summed E-state index contributed by atoms with van der Waals surface area (Å²) in [5, 5.41) is 0. The van der Waals surface area contributed by atoms with Crippen LogP contribution in [0.4, 0.5) is 8.78 Å². The van der Waals surface area contributed by atoms with Gasteiger partial charge in [-0.05, 0) is 6.42 Å². The summed E-state index contributed by atoms with van der Waals surface area (Å²) >= 11 is 0. The molecule has 0 bridgehead atoms. The average molecular weight is 210 g/mol. The first-order valence-corrected chi connectivity index (χ1v) is 4.53. The minimum atomic E-state index is -2.46. The van der Waals surface area contributed by atoms with E-state index in [0.717, 1.165) is 0 Å². The predicted octanol–water partition coefficient (Wildman–Crippen LogP) is 1.65. The molecule has 0 aromatic heterocycles. The molecule has 0 saturated heterocycles. The van der Waals surface area contributed by atoms with Crippen molar-refractivity contribution < 1.29 is 23.0 Å². The van der Waals surface area contributed by atoms with Crippen molar-refractivity contribution in [3.8, 4) is 0 Å². The summed E-state index contributed by atoms with van der Waals surface area (Å²) in [6.07, 6.45) is -1.16. The number of methoxy groups -OCH3 is 1. The van der Waals surface area contributed by atoms with Gasteiger partial charge < -0.3 is 9.47 Å². The second kappa shape index (κ2) is 9.02. The molecule has 0 heterocycles. The Morgan fingerprint density at radius 3 is 2.57 bits per heavy atom. The summed E-state index contributed by atoms with van der Waals surface area (Å²) in [7, 11) is 1.57. The van der Waals surface area contributed by atoms with Crippen molar-refractivity contribution in [2.45, 2.75) is 25.7 Å². The number of rotatable bonds is 9. The lowest BCUT2D eigenvalue weighted by atomic mass is 10.2. The zero-order valence-corrected chi connectivity index (χ0v) is 8.30. The normalized spacial score (nSPS) is 10.9. The summed E-state index contributed by atoms with van der Waals surface area (Å²) in [6, 6.07) is 0. The third kappa shape index (κ3) is 9.54. The molecule has 0 aliphatic carbocycles. The standard InChI is InChI=1S/C9H16F2O3/c1-13-5-2-3-8(12)4-6-14-7-9(10)11/h9H,2-7H2,1H3. The van der Waals surface area contributed by atoms with Crippen LogP contribution in [0.5, 0.6) is 0 Å². The molecule has 0 unspecified atom stereocenters. The Morgan fingerprint density at radius 2 is 2.00 bits per heavy atom. The lowest BCUT2D eigenvalue weighted by molar-refractivity contribution is -0.120. The van der Waals surface area contributed by atoms with Crippen molar-refractivity contribution in [2.24, 2.45) is 0 Å². The summed E-state index contributed by atoms with van der Waals surface area (Å²) in [4.78, 5) is 11.0. The number of halogens is 2. The molecular weight excluding hydrogens is 194 g/mol. The van der Waals surface area contributed by atoms with Gasteiger partial charge in [0.15, 0.2) is 0 Å². The molecule has 0 amide bonds. The van der Waals surface area contributed by atoms with E-state index in [1.54, 1.807) is 7.11 Å². The predicted molar refractivity (Wildman–Crippen MR) is 47.6 cm³/mol. The van der Waals surface area contributed by atoms with Gasteiger partial charge >= 0.3 is 0 Å². The first kappa shape index (κ1) is 13.4. The Hall–Kier alpha value is -0.550. The van der Waals surface area contributed by atoms with Crippen molar-refractivity contribution in [3.63, 3.8) is 0 Å². The average Bonchev–Trinajstić information content (AvgIpc) is 2.13. The Kier molecular flexibility index (Phi) is 8.67. The van der Waals surface area contributed by atoms with Crippen LogP contribution >= 0.6 is 0 Å². The third-order valence-corrected chi connectivity index (χ3v) is 1.57. The fourth-order valence-corrected chi connectivity index (χ4v) is 0.897. The monoisotopic (exact) mass is 210 g/mol. The van der Waals surface area contributed by atoms with Crippen LogP contribution in [0.1, 0.15) is 19.3 Å². The molecule has 0 N–H and O–H groups in total. The maximum Gasteiger partial charge on any atom is 0.261 e. The molecule has 84 valence electrons. The largest absolute Gasteiger partial charge is 0.385 e. The van der Waals surface area contributed by atoms with Crippen molar-refractivity contribution in [3.05, 3.63) is 0 Å². The molecule has 0 aromatic carbocycles. The molecule has 0 rings (SSSR count). The van der Waals surface area contributed by atoms with Crippen molar-refractivity contribution in [2.75, 3.05) is 26.9 Å². The highest BCUT2D eigenvalue weighted by molar-refractivity contribution is 5.78. The van der Waals surface area contributed by atoms with E-state index in [9.17, 15) is 13.6 Å². The molecule has 0 aliphatic rings. The molecule has 3 nitrogen and oxygen atoms in total. The van der Waals surface area contributed by atoms with Gasteiger partial charge in [-0.1, -0.05) is 0 Å². The van der Waals surface area contributed by atoms with Gasteiger partial charge in [0.25, 0.3) is 6.43 Å². The summed E-state index contributed by atoms with van der Waals surface area (Å²) in [6.45, 7) is 0.0329. The van der Waals surface area contributed by atoms with E-state index < -0.39 is 13.0 Å². The number of ether oxygens (including phenoxy) is 2.